The zero-order valence-corrected chi connectivity index (χ0v) is 12.2. The van der Waals surface area contributed by atoms with Crippen molar-refractivity contribution in [2.45, 2.75) is 6.10 Å². The highest BCUT2D eigenvalue weighted by atomic mass is 79.9. The Hall–Kier alpha value is -0.300. The van der Waals surface area contributed by atoms with Crippen LogP contribution in [0.3, 0.4) is 0 Å². The maximum Gasteiger partial charge on any atom is 0.137 e. The molecule has 0 saturated heterocycles. The fraction of sp³-hybridized carbons (Fsp3) is 0.0909. The Morgan fingerprint density at radius 1 is 1.12 bits per heavy atom. The van der Waals surface area contributed by atoms with Crippen molar-refractivity contribution in [2.24, 2.45) is 0 Å². The summed E-state index contributed by atoms with van der Waals surface area (Å²) < 4.78 is 27.8. The standard InChI is InChI=1S/C11H6Br2F2OS/c12-7-3-8(14)6(2-9(7)15)11(16)5-1-10(13)17-4-5/h1-4,11,16H. The quantitative estimate of drug-likeness (QED) is 0.749. The van der Waals surface area contributed by atoms with E-state index < -0.39 is 17.7 Å². The first-order valence-corrected chi connectivity index (χ1v) is 7.02. The first-order valence-electron chi connectivity index (χ1n) is 4.55. The Morgan fingerprint density at radius 3 is 2.41 bits per heavy atom. The number of benzene rings is 1. The molecule has 1 heterocycles. The normalized spacial score (nSPS) is 12.8. The van der Waals surface area contributed by atoms with E-state index in [4.69, 9.17) is 0 Å². The fourth-order valence-corrected chi connectivity index (χ4v) is 2.90. The number of rotatable bonds is 2. The fourth-order valence-electron chi connectivity index (χ4n) is 1.39. The predicted octanol–water partition coefficient (Wildman–Crippen LogP) is 4.63. The van der Waals surface area contributed by atoms with Gasteiger partial charge in [0.05, 0.1) is 8.26 Å². The van der Waals surface area contributed by atoms with E-state index in [0.29, 0.717) is 5.56 Å². The third kappa shape index (κ3) is 2.76. The minimum Gasteiger partial charge on any atom is -0.384 e. The Morgan fingerprint density at radius 2 is 1.82 bits per heavy atom. The average Bonchev–Trinajstić information content (AvgIpc) is 2.69. The molecular weight excluding hydrogens is 378 g/mol. The largest absolute Gasteiger partial charge is 0.384 e. The molecule has 2 aromatic rings. The van der Waals surface area contributed by atoms with Gasteiger partial charge in [-0.15, -0.1) is 11.3 Å². The SMILES string of the molecule is OC(c1csc(Br)c1)c1cc(F)c(Br)cc1F. The Labute approximate surface area is 117 Å². The monoisotopic (exact) mass is 382 g/mol. The lowest BCUT2D eigenvalue weighted by Gasteiger charge is -2.11. The molecule has 2 rings (SSSR count). The van der Waals surface area contributed by atoms with Gasteiger partial charge in [-0.2, -0.15) is 0 Å². The van der Waals surface area contributed by atoms with Gasteiger partial charge >= 0.3 is 0 Å². The molecule has 1 nitrogen and oxygen atoms in total. The van der Waals surface area contributed by atoms with E-state index in [-0.39, 0.29) is 10.0 Å². The zero-order chi connectivity index (χ0) is 12.6. The van der Waals surface area contributed by atoms with E-state index in [2.05, 4.69) is 31.9 Å². The molecule has 0 spiro atoms. The van der Waals surface area contributed by atoms with Crippen molar-refractivity contribution in [3.63, 3.8) is 0 Å². The lowest BCUT2D eigenvalue weighted by atomic mass is 10.0. The summed E-state index contributed by atoms with van der Waals surface area (Å²) in [6.45, 7) is 0. The van der Waals surface area contributed by atoms with Crippen LogP contribution < -0.4 is 0 Å². The highest BCUT2D eigenvalue weighted by Crippen LogP contribution is 2.32. The molecule has 1 atom stereocenters. The molecule has 0 bridgehead atoms. The minimum atomic E-state index is -1.17. The topological polar surface area (TPSA) is 20.2 Å². The van der Waals surface area contributed by atoms with E-state index in [9.17, 15) is 13.9 Å². The summed E-state index contributed by atoms with van der Waals surface area (Å²) in [5, 5.41) is 11.7. The summed E-state index contributed by atoms with van der Waals surface area (Å²) in [7, 11) is 0. The van der Waals surface area contributed by atoms with Crippen LogP contribution in [0.2, 0.25) is 0 Å². The van der Waals surface area contributed by atoms with Crippen molar-refractivity contribution in [2.75, 3.05) is 0 Å². The van der Waals surface area contributed by atoms with Crippen LogP contribution in [-0.2, 0) is 0 Å². The van der Waals surface area contributed by atoms with Crippen molar-refractivity contribution in [1.82, 2.24) is 0 Å². The van der Waals surface area contributed by atoms with E-state index in [1.807, 2.05) is 0 Å². The molecule has 0 aliphatic rings. The van der Waals surface area contributed by atoms with Gasteiger partial charge in [0.1, 0.15) is 17.7 Å². The first kappa shape index (κ1) is 13.1. The van der Waals surface area contributed by atoms with E-state index in [1.165, 1.54) is 11.3 Å². The molecule has 1 N–H and O–H groups in total. The van der Waals surface area contributed by atoms with Gasteiger partial charge in [0.2, 0.25) is 0 Å². The maximum absolute atomic E-state index is 13.6. The lowest BCUT2D eigenvalue weighted by Crippen LogP contribution is -2.02. The molecule has 1 unspecified atom stereocenters. The van der Waals surface area contributed by atoms with Gasteiger partial charge in [-0.25, -0.2) is 8.78 Å². The third-order valence-corrected chi connectivity index (χ3v) is 4.37. The average molecular weight is 384 g/mol. The second kappa shape index (κ2) is 5.14. The molecule has 1 aromatic heterocycles. The second-order valence-corrected chi connectivity index (χ2v) is 6.52. The van der Waals surface area contributed by atoms with Gasteiger partial charge in [-0.3, -0.25) is 0 Å². The Balaban J connectivity index is 2.43. The summed E-state index contributed by atoms with van der Waals surface area (Å²) >= 11 is 7.51. The van der Waals surface area contributed by atoms with Gasteiger partial charge in [0.15, 0.2) is 0 Å². The number of hydrogen-bond donors (Lipinski definition) is 1. The minimum absolute atomic E-state index is 0.0393. The predicted molar refractivity (Wildman–Crippen MR) is 70.1 cm³/mol. The summed E-state index contributed by atoms with van der Waals surface area (Å²) in [6.07, 6.45) is -1.17. The molecule has 90 valence electrons. The smallest absolute Gasteiger partial charge is 0.137 e. The van der Waals surface area contributed by atoms with Gasteiger partial charge in [-0.1, -0.05) is 0 Å². The Kier molecular flexibility index (Phi) is 3.97. The summed E-state index contributed by atoms with van der Waals surface area (Å²) in [5.41, 5.74) is 0.457. The summed E-state index contributed by atoms with van der Waals surface area (Å²) in [5.74, 6) is -1.25. The van der Waals surface area contributed by atoms with Crippen LogP contribution in [0.15, 0.2) is 31.8 Å². The van der Waals surface area contributed by atoms with E-state index >= 15 is 0 Å². The van der Waals surface area contributed by atoms with Gasteiger partial charge in [0, 0.05) is 5.56 Å². The number of halogens is 4. The molecule has 6 heteroatoms. The summed E-state index contributed by atoms with van der Waals surface area (Å²) in [6, 6.07) is 3.68. The highest BCUT2D eigenvalue weighted by Gasteiger charge is 2.18. The van der Waals surface area contributed by atoms with Crippen LogP contribution in [0.4, 0.5) is 8.78 Å². The van der Waals surface area contributed by atoms with E-state index in [0.717, 1.165) is 15.9 Å². The van der Waals surface area contributed by atoms with Crippen LogP contribution in [0.5, 0.6) is 0 Å². The van der Waals surface area contributed by atoms with Crippen LogP contribution in [0.1, 0.15) is 17.2 Å². The van der Waals surface area contributed by atoms with Crippen molar-refractivity contribution < 1.29 is 13.9 Å². The van der Waals surface area contributed by atoms with Gasteiger partial charge in [-0.05, 0) is 61.0 Å². The zero-order valence-electron chi connectivity index (χ0n) is 8.25. The molecule has 17 heavy (non-hydrogen) atoms. The molecule has 0 radical (unpaired) electrons. The molecule has 0 saturated carbocycles. The molecule has 0 aliphatic heterocycles. The Bertz CT molecular complexity index is 556. The van der Waals surface area contributed by atoms with Crippen LogP contribution in [0, 0.1) is 11.6 Å². The van der Waals surface area contributed by atoms with Crippen molar-refractivity contribution in [3.05, 3.63) is 54.6 Å². The second-order valence-electron chi connectivity index (χ2n) is 3.37. The van der Waals surface area contributed by atoms with Crippen molar-refractivity contribution >= 4 is 43.2 Å². The summed E-state index contributed by atoms with van der Waals surface area (Å²) in [4.78, 5) is 0. The van der Waals surface area contributed by atoms with Crippen LogP contribution in [-0.4, -0.2) is 5.11 Å². The number of aliphatic hydroxyl groups excluding tert-OH is 1. The molecule has 1 aromatic carbocycles. The van der Waals surface area contributed by atoms with E-state index in [1.54, 1.807) is 11.4 Å². The molecule has 0 aliphatic carbocycles. The molecule has 0 amide bonds. The lowest BCUT2D eigenvalue weighted by molar-refractivity contribution is 0.214. The van der Waals surface area contributed by atoms with Gasteiger partial charge < -0.3 is 5.11 Å². The van der Waals surface area contributed by atoms with Crippen LogP contribution in [0.25, 0.3) is 0 Å². The first-order chi connectivity index (χ1) is 7.99. The number of hydrogen-bond acceptors (Lipinski definition) is 2. The van der Waals surface area contributed by atoms with Crippen molar-refractivity contribution in [3.8, 4) is 0 Å². The number of aliphatic hydroxyl groups is 1. The maximum atomic E-state index is 13.6. The molecule has 0 fully saturated rings. The third-order valence-electron chi connectivity index (χ3n) is 2.24. The van der Waals surface area contributed by atoms with Gasteiger partial charge in [0.25, 0.3) is 0 Å². The highest BCUT2D eigenvalue weighted by molar-refractivity contribution is 9.11. The van der Waals surface area contributed by atoms with Crippen molar-refractivity contribution in [1.29, 1.82) is 0 Å². The molecular formula is C11H6Br2F2OS. The number of thiophene rings is 1. The van der Waals surface area contributed by atoms with Crippen LogP contribution >= 0.6 is 43.2 Å².